The molecule has 0 unspecified atom stereocenters. The number of hydrogen-bond donors (Lipinski definition) is 2. The van der Waals surface area contributed by atoms with Crippen LogP contribution in [0.25, 0.3) is 0 Å². The molecule has 1 saturated carbocycles. The van der Waals surface area contributed by atoms with Gasteiger partial charge in [-0.15, -0.1) is 0 Å². The van der Waals surface area contributed by atoms with Crippen LogP contribution in [-0.4, -0.2) is 36.2 Å². The van der Waals surface area contributed by atoms with Gasteiger partial charge in [0.25, 0.3) is 11.8 Å². The monoisotopic (exact) mass is 507 g/mol. The molecule has 1 aliphatic heterocycles. The molecule has 4 atom stereocenters. The highest BCUT2D eigenvalue weighted by atomic mass is 35.5. The van der Waals surface area contributed by atoms with Crippen molar-refractivity contribution in [3.05, 3.63) is 76.3 Å². The minimum atomic E-state index is -0.775. The number of allylic oxidation sites excluding steroid dienone is 2. The molecule has 0 aromatic heterocycles. The Morgan fingerprint density at radius 3 is 2.42 bits per heavy atom. The Morgan fingerprint density at radius 1 is 1.00 bits per heavy atom. The summed E-state index contributed by atoms with van der Waals surface area (Å²) in [7, 11) is 0. The maximum Gasteiger partial charge on any atom is 0.338 e. The van der Waals surface area contributed by atoms with Gasteiger partial charge < -0.3 is 4.74 Å². The van der Waals surface area contributed by atoms with Gasteiger partial charge in [0.1, 0.15) is 0 Å². The van der Waals surface area contributed by atoms with E-state index in [1.165, 1.54) is 46.9 Å². The second kappa shape index (κ2) is 9.23. The number of halogens is 1. The quantitative estimate of drug-likeness (QED) is 0.278. The second-order valence-corrected chi connectivity index (χ2v) is 9.49. The van der Waals surface area contributed by atoms with Gasteiger partial charge in [0.15, 0.2) is 6.61 Å². The highest BCUT2D eigenvalue weighted by Crippen LogP contribution is 2.55. The average Bonchev–Trinajstić information content (AvgIpc) is 3.51. The molecular weight excluding hydrogens is 486 g/mol. The predicted octanol–water partition coefficient (Wildman–Crippen LogP) is 2.66. The summed E-state index contributed by atoms with van der Waals surface area (Å²) >= 11 is 5.93. The Labute approximate surface area is 211 Å². The van der Waals surface area contributed by atoms with Crippen molar-refractivity contribution in [3.8, 4) is 0 Å². The van der Waals surface area contributed by atoms with Crippen LogP contribution in [0.2, 0.25) is 5.02 Å². The zero-order valence-electron chi connectivity index (χ0n) is 19.2. The molecule has 2 fully saturated rings. The lowest BCUT2D eigenvalue weighted by Gasteiger charge is -2.19. The normalized spacial score (nSPS) is 23.8. The number of fused-ring (bicyclic) bond motifs is 5. The van der Waals surface area contributed by atoms with Crippen LogP contribution in [0, 0.1) is 23.7 Å². The fraction of sp³-hybridized carbons (Fsp3) is 0.269. The molecule has 184 valence electrons. The first-order valence-electron chi connectivity index (χ1n) is 11.4. The SMILES string of the molecule is CC1=C[C@H]2C[C@H]1[C@H]1C(=O)N(c3ccc(C(=O)OCC(=O)NNC(=O)c4ccccc4Cl)cc3)C(=O)[C@H]12. The highest BCUT2D eigenvalue weighted by molar-refractivity contribution is 6.33. The van der Waals surface area contributed by atoms with Crippen molar-refractivity contribution in [1.29, 1.82) is 0 Å². The Bertz CT molecular complexity index is 1320. The zero-order valence-corrected chi connectivity index (χ0v) is 20.0. The van der Waals surface area contributed by atoms with Crippen LogP contribution >= 0.6 is 11.6 Å². The van der Waals surface area contributed by atoms with E-state index < -0.39 is 24.4 Å². The van der Waals surface area contributed by atoms with E-state index in [1.54, 1.807) is 12.1 Å². The molecule has 10 heteroatoms. The number of nitrogens with zero attached hydrogens (tertiary/aromatic N) is 1. The van der Waals surface area contributed by atoms with Gasteiger partial charge >= 0.3 is 5.97 Å². The molecule has 3 aliphatic rings. The largest absolute Gasteiger partial charge is 0.452 e. The summed E-state index contributed by atoms with van der Waals surface area (Å²) in [5.74, 6) is -2.94. The first kappa shape index (κ1) is 23.7. The molecule has 2 aromatic carbocycles. The van der Waals surface area contributed by atoms with Gasteiger partial charge in [-0.3, -0.25) is 34.9 Å². The van der Waals surface area contributed by atoms with E-state index in [1.807, 2.05) is 6.92 Å². The van der Waals surface area contributed by atoms with Crippen LogP contribution in [-0.2, 0) is 19.1 Å². The molecule has 2 N–H and O–H groups in total. The van der Waals surface area contributed by atoms with Crippen molar-refractivity contribution >= 4 is 46.9 Å². The van der Waals surface area contributed by atoms with Crippen LogP contribution in [0.4, 0.5) is 5.69 Å². The Balaban J connectivity index is 1.15. The molecule has 0 radical (unpaired) electrons. The first-order valence-corrected chi connectivity index (χ1v) is 11.8. The van der Waals surface area contributed by atoms with E-state index in [2.05, 4.69) is 16.9 Å². The van der Waals surface area contributed by atoms with Gasteiger partial charge in [-0.1, -0.05) is 35.4 Å². The van der Waals surface area contributed by atoms with Crippen LogP contribution in [0.3, 0.4) is 0 Å². The van der Waals surface area contributed by atoms with E-state index in [4.69, 9.17) is 16.3 Å². The minimum absolute atomic E-state index is 0.108. The standard InChI is InChI=1S/C26H22ClN3O6/c1-13-10-15-11-18(13)22-21(15)24(33)30(25(22)34)16-8-6-14(7-9-16)26(35)36-12-20(31)28-29-23(32)17-4-2-3-5-19(17)27/h2-10,15,18,21-22H,11-12H2,1H3,(H,28,31)(H,29,32)/t15-,18+,21-,22+/m0/s1. The summed E-state index contributed by atoms with van der Waals surface area (Å²) in [6, 6.07) is 12.2. The number of nitrogens with one attached hydrogen (secondary N) is 2. The van der Waals surface area contributed by atoms with Crippen LogP contribution in [0.5, 0.6) is 0 Å². The number of hydrazine groups is 1. The Morgan fingerprint density at radius 2 is 1.69 bits per heavy atom. The molecule has 9 nitrogen and oxygen atoms in total. The summed E-state index contributed by atoms with van der Waals surface area (Å²) in [6.07, 6.45) is 2.96. The first-order chi connectivity index (χ1) is 17.3. The number of anilines is 1. The number of imide groups is 1. The molecule has 2 aliphatic carbocycles. The number of carbonyl (C=O) groups is 5. The van der Waals surface area contributed by atoms with Gasteiger partial charge in [-0.25, -0.2) is 4.79 Å². The maximum absolute atomic E-state index is 13.1. The number of rotatable bonds is 5. The maximum atomic E-state index is 13.1. The van der Waals surface area contributed by atoms with Crippen molar-refractivity contribution in [1.82, 2.24) is 10.9 Å². The van der Waals surface area contributed by atoms with Crippen molar-refractivity contribution in [3.63, 3.8) is 0 Å². The molecule has 0 spiro atoms. The number of carbonyl (C=O) groups excluding carboxylic acids is 5. The lowest BCUT2D eigenvalue weighted by Crippen LogP contribution is -2.43. The van der Waals surface area contributed by atoms with E-state index >= 15 is 0 Å². The summed E-state index contributed by atoms with van der Waals surface area (Å²) < 4.78 is 4.99. The van der Waals surface area contributed by atoms with Crippen LogP contribution in [0.1, 0.15) is 34.1 Å². The molecule has 1 heterocycles. The summed E-state index contributed by atoms with van der Waals surface area (Å²) in [5, 5.41) is 0.221. The van der Waals surface area contributed by atoms with Gasteiger partial charge in [0.2, 0.25) is 11.8 Å². The third kappa shape index (κ3) is 4.05. The summed E-state index contributed by atoms with van der Waals surface area (Å²) in [6.45, 7) is 1.37. The van der Waals surface area contributed by atoms with Crippen molar-refractivity contribution in [2.45, 2.75) is 13.3 Å². The van der Waals surface area contributed by atoms with Crippen molar-refractivity contribution < 1.29 is 28.7 Å². The molecule has 1 saturated heterocycles. The van der Waals surface area contributed by atoms with Gasteiger partial charge in [0, 0.05) is 0 Å². The van der Waals surface area contributed by atoms with E-state index in [0.717, 1.165) is 6.42 Å². The fourth-order valence-corrected chi connectivity index (χ4v) is 5.59. The average molecular weight is 508 g/mol. The van der Waals surface area contributed by atoms with Crippen molar-refractivity contribution in [2.24, 2.45) is 23.7 Å². The predicted molar refractivity (Wildman–Crippen MR) is 129 cm³/mol. The number of benzene rings is 2. The van der Waals surface area contributed by atoms with Crippen LogP contribution in [0.15, 0.2) is 60.2 Å². The molecular formula is C26H22ClN3O6. The number of esters is 1. The number of hydrogen-bond acceptors (Lipinski definition) is 6. The fourth-order valence-electron chi connectivity index (χ4n) is 5.37. The van der Waals surface area contributed by atoms with Gasteiger partial charge in [0.05, 0.1) is 33.7 Å². The zero-order chi connectivity index (χ0) is 25.6. The van der Waals surface area contributed by atoms with Gasteiger partial charge in [-0.2, -0.15) is 0 Å². The van der Waals surface area contributed by atoms with Crippen LogP contribution < -0.4 is 15.8 Å². The molecule has 4 amide bonds. The third-order valence-electron chi connectivity index (χ3n) is 7.01. The van der Waals surface area contributed by atoms with E-state index in [-0.39, 0.29) is 51.6 Å². The Kier molecular flexibility index (Phi) is 6.09. The molecule has 2 aromatic rings. The molecule has 36 heavy (non-hydrogen) atoms. The number of amides is 4. The third-order valence-corrected chi connectivity index (χ3v) is 7.34. The summed E-state index contributed by atoms with van der Waals surface area (Å²) in [5.41, 5.74) is 6.23. The minimum Gasteiger partial charge on any atom is -0.452 e. The topological polar surface area (TPSA) is 122 Å². The second-order valence-electron chi connectivity index (χ2n) is 9.09. The van der Waals surface area contributed by atoms with E-state index in [0.29, 0.717) is 5.69 Å². The van der Waals surface area contributed by atoms with E-state index in [9.17, 15) is 24.0 Å². The van der Waals surface area contributed by atoms with Gasteiger partial charge in [-0.05, 0) is 61.6 Å². The lowest BCUT2D eigenvalue weighted by molar-refractivity contribution is -0.125. The number of ether oxygens (including phenoxy) is 1. The van der Waals surface area contributed by atoms with Crippen molar-refractivity contribution in [2.75, 3.05) is 11.5 Å². The smallest absolute Gasteiger partial charge is 0.338 e. The molecule has 2 bridgehead atoms. The highest BCUT2D eigenvalue weighted by Gasteiger charge is 2.60. The summed E-state index contributed by atoms with van der Waals surface area (Å²) in [4.78, 5) is 63.6. The lowest BCUT2D eigenvalue weighted by atomic mass is 9.82. The molecule has 5 rings (SSSR count). The Hall–Kier alpha value is -3.98.